The van der Waals surface area contributed by atoms with Crippen LogP contribution in [0, 0.1) is 6.92 Å². The second kappa shape index (κ2) is 6.85. The highest BCUT2D eigenvalue weighted by Crippen LogP contribution is 2.18. The van der Waals surface area contributed by atoms with E-state index in [1.807, 2.05) is 32.0 Å². The van der Waals surface area contributed by atoms with Gasteiger partial charge in [0, 0.05) is 29.5 Å². The van der Waals surface area contributed by atoms with Crippen LogP contribution >= 0.6 is 28.1 Å². The highest BCUT2D eigenvalue weighted by Gasteiger charge is 2.14. The standard InChI is InChI=1S/C13H17BrN2OS/c1-3-16(7-6-12(15)18)13(17)10-4-5-11(14)9(2)8-10/h4-5,8H,3,6-7H2,1-2H3,(H2,15,18). The second-order valence-corrected chi connectivity index (χ2v) is 5.44. The largest absolute Gasteiger partial charge is 0.393 e. The van der Waals surface area contributed by atoms with Gasteiger partial charge >= 0.3 is 0 Å². The van der Waals surface area contributed by atoms with Crippen molar-refractivity contribution in [1.82, 2.24) is 4.90 Å². The van der Waals surface area contributed by atoms with Crippen LogP contribution in [0.3, 0.4) is 0 Å². The number of benzene rings is 1. The van der Waals surface area contributed by atoms with E-state index in [0.29, 0.717) is 30.1 Å². The van der Waals surface area contributed by atoms with E-state index in [2.05, 4.69) is 15.9 Å². The Balaban J connectivity index is 2.82. The predicted molar refractivity (Wildman–Crippen MR) is 81.9 cm³/mol. The van der Waals surface area contributed by atoms with Gasteiger partial charge < -0.3 is 10.6 Å². The maximum atomic E-state index is 12.3. The van der Waals surface area contributed by atoms with Crippen LogP contribution in [0.1, 0.15) is 29.3 Å². The molecule has 0 fully saturated rings. The first-order chi connectivity index (χ1) is 8.45. The topological polar surface area (TPSA) is 46.3 Å². The van der Waals surface area contributed by atoms with Crippen LogP contribution in [0.2, 0.25) is 0 Å². The average molecular weight is 329 g/mol. The number of hydrogen-bond donors (Lipinski definition) is 1. The first-order valence-corrected chi connectivity index (χ1v) is 6.99. The number of carbonyl (C=O) groups excluding carboxylic acids is 1. The molecular weight excluding hydrogens is 312 g/mol. The van der Waals surface area contributed by atoms with Crippen LogP contribution in [0.5, 0.6) is 0 Å². The van der Waals surface area contributed by atoms with Crippen LogP contribution in [0.15, 0.2) is 22.7 Å². The monoisotopic (exact) mass is 328 g/mol. The summed E-state index contributed by atoms with van der Waals surface area (Å²) in [5, 5.41) is 0. The highest BCUT2D eigenvalue weighted by molar-refractivity contribution is 9.10. The fraction of sp³-hybridized carbons (Fsp3) is 0.385. The molecule has 0 radical (unpaired) electrons. The third-order valence-corrected chi connectivity index (χ3v) is 3.80. The Morgan fingerprint density at radius 3 is 2.67 bits per heavy atom. The molecular formula is C13H17BrN2OS. The molecule has 0 saturated heterocycles. The molecule has 18 heavy (non-hydrogen) atoms. The number of amides is 1. The molecule has 0 bridgehead atoms. The quantitative estimate of drug-likeness (QED) is 0.845. The van der Waals surface area contributed by atoms with Gasteiger partial charge in [0.15, 0.2) is 0 Å². The summed E-state index contributed by atoms with van der Waals surface area (Å²) in [5.74, 6) is 0.0179. The molecule has 1 rings (SSSR count). The molecule has 5 heteroatoms. The van der Waals surface area contributed by atoms with Crippen molar-refractivity contribution in [2.45, 2.75) is 20.3 Å². The van der Waals surface area contributed by atoms with Gasteiger partial charge in [-0.3, -0.25) is 4.79 Å². The van der Waals surface area contributed by atoms with E-state index < -0.39 is 0 Å². The van der Waals surface area contributed by atoms with Crippen molar-refractivity contribution >= 4 is 39.0 Å². The van der Waals surface area contributed by atoms with Crippen molar-refractivity contribution in [2.24, 2.45) is 5.73 Å². The van der Waals surface area contributed by atoms with E-state index in [0.717, 1.165) is 10.0 Å². The summed E-state index contributed by atoms with van der Waals surface area (Å²) in [6.07, 6.45) is 0.560. The van der Waals surface area contributed by atoms with Gasteiger partial charge in [0.05, 0.1) is 4.99 Å². The molecule has 0 heterocycles. The molecule has 0 aromatic heterocycles. The van der Waals surface area contributed by atoms with Gasteiger partial charge in [-0.15, -0.1) is 0 Å². The molecule has 3 nitrogen and oxygen atoms in total. The van der Waals surface area contributed by atoms with Gasteiger partial charge in [0.1, 0.15) is 0 Å². The Bertz CT molecular complexity index is 462. The molecule has 1 aromatic rings. The van der Waals surface area contributed by atoms with E-state index in [1.165, 1.54) is 0 Å². The van der Waals surface area contributed by atoms with Gasteiger partial charge in [-0.1, -0.05) is 28.1 Å². The van der Waals surface area contributed by atoms with E-state index in [9.17, 15) is 4.79 Å². The molecule has 2 N–H and O–H groups in total. The predicted octanol–water partition coefficient (Wildman–Crippen LogP) is 2.90. The fourth-order valence-electron chi connectivity index (χ4n) is 1.61. The SMILES string of the molecule is CCN(CCC(N)=S)C(=O)c1ccc(Br)c(C)c1. The fourth-order valence-corrected chi connectivity index (χ4v) is 1.95. The highest BCUT2D eigenvalue weighted by atomic mass is 79.9. The van der Waals surface area contributed by atoms with Gasteiger partial charge in [-0.25, -0.2) is 0 Å². The third kappa shape index (κ3) is 4.07. The minimum absolute atomic E-state index is 0.0179. The lowest BCUT2D eigenvalue weighted by molar-refractivity contribution is 0.0769. The number of carbonyl (C=O) groups is 1. The van der Waals surface area contributed by atoms with Crippen molar-refractivity contribution < 1.29 is 4.79 Å². The van der Waals surface area contributed by atoms with Gasteiger partial charge in [0.2, 0.25) is 0 Å². The van der Waals surface area contributed by atoms with Gasteiger partial charge in [-0.05, 0) is 37.6 Å². The van der Waals surface area contributed by atoms with Crippen molar-refractivity contribution in [3.05, 3.63) is 33.8 Å². The van der Waals surface area contributed by atoms with Gasteiger partial charge in [-0.2, -0.15) is 0 Å². The molecule has 98 valence electrons. The van der Waals surface area contributed by atoms with Crippen molar-refractivity contribution in [2.75, 3.05) is 13.1 Å². The van der Waals surface area contributed by atoms with Crippen molar-refractivity contribution in [3.8, 4) is 0 Å². The van der Waals surface area contributed by atoms with Crippen LogP contribution in [0.4, 0.5) is 0 Å². The van der Waals surface area contributed by atoms with Crippen LogP contribution in [0.25, 0.3) is 0 Å². The first-order valence-electron chi connectivity index (χ1n) is 5.79. The summed E-state index contributed by atoms with van der Waals surface area (Å²) in [6, 6.07) is 5.60. The first kappa shape index (κ1) is 15.1. The number of thiocarbonyl (C=S) groups is 1. The maximum Gasteiger partial charge on any atom is 0.253 e. The summed E-state index contributed by atoms with van der Waals surface area (Å²) >= 11 is 8.26. The summed E-state index contributed by atoms with van der Waals surface area (Å²) in [4.78, 5) is 14.5. The third-order valence-electron chi connectivity index (χ3n) is 2.70. The number of rotatable bonds is 5. The second-order valence-electron chi connectivity index (χ2n) is 4.07. The van der Waals surface area contributed by atoms with Gasteiger partial charge in [0.25, 0.3) is 5.91 Å². The van der Waals surface area contributed by atoms with Crippen molar-refractivity contribution in [3.63, 3.8) is 0 Å². The van der Waals surface area contributed by atoms with Crippen LogP contribution in [-0.4, -0.2) is 28.9 Å². The smallest absolute Gasteiger partial charge is 0.253 e. The number of halogens is 1. The lowest BCUT2D eigenvalue weighted by atomic mass is 10.1. The summed E-state index contributed by atoms with van der Waals surface area (Å²) in [5.41, 5.74) is 7.21. The molecule has 0 aliphatic rings. The molecule has 1 aromatic carbocycles. The lowest BCUT2D eigenvalue weighted by Crippen LogP contribution is -2.33. The minimum Gasteiger partial charge on any atom is -0.393 e. The Morgan fingerprint density at radius 1 is 1.50 bits per heavy atom. The van der Waals surface area contributed by atoms with E-state index in [-0.39, 0.29) is 5.91 Å². The van der Waals surface area contributed by atoms with E-state index >= 15 is 0 Å². The zero-order valence-corrected chi connectivity index (χ0v) is 13.0. The van der Waals surface area contributed by atoms with E-state index in [4.69, 9.17) is 18.0 Å². The number of nitrogens with two attached hydrogens (primary N) is 1. The molecule has 0 aliphatic carbocycles. The summed E-state index contributed by atoms with van der Waals surface area (Å²) < 4.78 is 1.00. The Labute approximate surface area is 121 Å². The average Bonchev–Trinajstić information content (AvgIpc) is 2.32. The lowest BCUT2D eigenvalue weighted by Gasteiger charge is -2.21. The molecule has 1 amide bonds. The minimum atomic E-state index is 0.0179. The summed E-state index contributed by atoms with van der Waals surface area (Å²) in [7, 11) is 0. The van der Waals surface area contributed by atoms with Crippen LogP contribution < -0.4 is 5.73 Å². The normalized spacial score (nSPS) is 10.2. The van der Waals surface area contributed by atoms with Crippen molar-refractivity contribution in [1.29, 1.82) is 0 Å². The Hall–Kier alpha value is -0.940. The number of nitrogens with zero attached hydrogens (tertiary/aromatic N) is 1. The zero-order chi connectivity index (χ0) is 13.7. The molecule has 0 spiro atoms. The Morgan fingerprint density at radius 2 is 2.17 bits per heavy atom. The number of hydrogen-bond acceptors (Lipinski definition) is 2. The maximum absolute atomic E-state index is 12.3. The number of aryl methyl sites for hydroxylation is 1. The van der Waals surface area contributed by atoms with E-state index in [1.54, 1.807) is 4.90 Å². The zero-order valence-electron chi connectivity index (χ0n) is 10.6. The molecule has 0 aliphatic heterocycles. The molecule has 0 atom stereocenters. The summed E-state index contributed by atoms with van der Waals surface area (Å²) in [6.45, 7) is 5.13. The molecule has 0 unspecified atom stereocenters. The molecule has 0 saturated carbocycles. The van der Waals surface area contributed by atoms with Crippen LogP contribution in [-0.2, 0) is 0 Å². The Kier molecular flexibility index (Phi) is 5.75.